The van der Waals surface area contributed by atoms with Gasteiger partial charge in [-0.15, -0.1) is 0 Å². The molecule has 0 aromatic carbocycles. The van der Waals surface area contributed by atoms with E-state index in [0.717, 1.165) is 6.54 Å². The fourth-order valence-electron chi connectivity index (χ4n) is 1.21. The largest absolute Gasteiger partial charge is 0.354 e. The van der Waals surface area contributed by atoms with Crippen LogP contribution in [0.4, 0.5) is 0 Å². The van der Waals surface area contributed by atoms with Gasteiger partial charge in [-0.3, -0.25) is 0 Å². The summed E-state index contributed by atoms with van der Waals surface area (Å²) in [7, 11) is 0. The van der Waals surface area contributed by atoms with Crippen LogP contribution in [0, 0.1) is 5.41 Å². The Labute approximate surface area is 80.7 Å². The molecule has 0 aliphatic heterocycles. The van der Waals surface area contributed by atoms with Crippen LogP contribution in [0.5, 0.6) is 0 Å². The van der Waals surface area contributed by atoms with Crippen LogP contribution in [0.15, 0.2) is 18.5 Å². The van der Waals surface area contributed by atoms with E-state index in [2.05, 4.69) is 43.8 Å². The first-order chi connectivity index (χ1) is 6.01. The quantitative estimate of drug-likeness (QED) is 0.760. The number of rotatable bonds is 3. The van der Waals surface area contributed by atoms with Crippen molar-refractivity contribution in [1.29, 1.82) is 0 Å². The standard InChI is InChI=1S/C11H20N2/c1-11(2,3)5-7-13-6-4-10(8-12)9-13/h4,6,9H,5,7-8,12H2,1-3H3. The molecule has 2 N–H and O–H groups in total. The summed E-state index contributed by atoms with van der Waals surface area (Å²) in [6, 6.07) is 2.09. The lowest BCUT2D eigenvalue weighted by molar-refractivity contribution is 0.350. The topological polar surface area (TPSA) is 30.9 Å². The van der Waals surface area contributed by atoms with E-state index < -0.39 is 0 Å². The predicted molar refractivity (Wildman–Crippen MR) is 56.4 cm³/mol. The zero-order valence-corrected chi connectivity index (χ0v) is 8.88. The van der Waals surface area contributed by atoms with Crippen LogP contribution in [0.25, 0.3) is 0 Å². The van der Waals surface area contributed by atoms with Crippen LogP contribution in [0.2, 0.25) is 0 Å². The predicted octanol–water partition coefficient (Wildman–Crippen LogP) is 2.38. The van der Waals surface area contributed by atoms with Crippen molar-refractivity contribution in [1.82, 2.24) is 4.57 Å². The van der Waals surface area contributed by atoms with Gasteiger partial charge in [-0.1, -0.05) is 20.8 Å². The molecule has 0 aliphatic rings. The van der Waals surface area contributed by atoms with Crippen LogP contribution >= 0.6 is 0 Å². The second-order valence-corrected chi connectivity index (χ2v) is 4.77. The highest BCUT2D eigenvalue weighted by atomic mass is 14.9. The average molecular weight is 180 g/mol. The van der Waals surface area contributed by atoms with Gasteiger partial charge in [0.05, 0.1) is 0 Å². The lowest BCUT2D eigenvalue weighted by atomic mass is 9.92. The molecule has 0 saturated heterocycles. The molecule has 0 bridgehead atoms. The number of nitrogens with zero attached hydrogens (tertiary/aromatic N) is 1. The molecular formula is C11H20N2. The highest BCUT2D eigenvalue weighted by Gasteiger charge is 2.09. The Kier molecular flexibility index (Phi) is 3.15. The number of aromatic nitrogens is 1. The summed E-state index contributed by atoms with van der Waals surface area (Å²) < 4.78 is 2.22. The summed E-state index contributed by atoms with van der Waals surface area (Å²) in [4.78, 5) is 0. The van der Waals surface area contributed by atoms with Gasteiger partial charge in [-0.25, -0.2) is 0 Å². The number of aryl methyl sites for hydroxylation is 1. The van der Waals surface area contributed by atoms with Crippen LogP contribution in [0.1, 0.15) is 32.8 Å². The molecule has 0 saturated carbocycles. The third-order valence-electron chi connectivity index (χ3n) is 2.17. The van der Waals surface area contributed by atoms with Gasteiger partial charge in [0.15, 0.2) is 0 Å². The molecule has 1 rings (SSSR count). The second kappa shape index (κ2) is 3.97. The lowest BCUT2D eigenvalue weighted by Crippen LogP contribution is -2.09. The Bertz CT molecular complexity index is 255. The van der Waals surface area contributed by atoms with Gasteiger partial charge in [0.2, 0.25) is 0 Å². The molecule has 1 aromatic heterocycles. The Morgan fingerprint density at radius 2 is 2.08 bits per heavy atom. The molecule has 0 amide bonds. The first-order valence-electron chi connectivity index (χ1n) is 4.86. The normalized spacial score (nSPS) is 12.0. The van der Waals surface area contributed by atoms with E-state index in [4.69, 9.17) is 5.73 Å². The van der Waals surface area contributed by atoms with Gasteiger partial charge in [0, 0.05) is 25.5 Å². The molecule has 2 heteroatoms. The van der Waals surface area contributed by atoms with Crippen molar-refractivity contribution in [2.24, 2.45) is 11.1 Å². The lowest BCUT2D eigenvalue weighted by Gasteiger charge is -2.18. The molecule has 0 atom stereocenters. The van der Waals surface area contributed by atoms with Crippen molar-refractivity contribution in [2.75, 3.05) is 0 Å². The minimum Gasteiger partial charge on any atom is -0.354 e. The Morgan fingerprint density at radius 1 is 1.38 bits per heavy atom. The van der Waals surface area contributed by atoms with E-state index in [0.29, 0.717) is 12.0 Å². The van der Waals surface area contributed by atoms with Gasteiger partial charge >= 0.3 is 0 Å². The summed E-state index contributed by atoms with van der Waals surface area (Å²) in [6.07, 6.45) is 5.44. The van der Waals surface area contributed by atoms with E-state index in [1.165, 1.54) is 12.0 Å². The summed E-state index contributed by atoms with van der Waals surface area (Å²) in [5, 5.41) is 0. The third kappa shape index (κ3) is 3.64. The van der Waals surface area contributed by atoms with Gasteiger partial charge in [0.1, 0.15) is 0 Å². The second-order valence-electron chi connectivity index (χ2n) is 4.77. The molecule has 0 fully saturated rings. The zero-order valence-electron chi connectivity index (χ0n) is 8.88. The third-order valence-corrected chi connectivity index (χ3v) is 2.17. The van der Waals surface area contributed by atoms with Crippen LogP contribution in [-0.2, 0) is 13.1 Å². The van der Waals surface area contributed by atoms with Crippen molar-refractivity contribution < 1.29 is 0 Å². The van der Waals surface area contributed by atoms with E-state index >= 15 is 0 Å². The van der Waals surface area contributed by atoms with Crippen LogP contribution < -0.4 is 5.73 Å². The molecule has 74 valence electrons. The van der Waals surface area contributed by atoms with Crippen molar-refractivity contribution >= 4 is 0 Å². The SMILES string of the molecule is CC(C)(C)CCn1ccc(CN)c1. The summed E-state index contributed by atoms with van der Waals surface area (Å²) in [5.74, 6) is 0. The molecule has 13 heavy (non-hydrogen) atoms. The first-order valence-corrected chi connectivity index (χ1v) is 4.86. The smallest absolute Gasteiger partial charge is 0.0224 e. The monoisotopic (exact) mass is 180 g/mol. The van der Waals surface area contributed by atoms with Gasteiger partial charge in [0.25, 0.3) is 0 Å². The molecule has 2 nitrogen and oxygen atoms in total. The van der Waals surface area contributed by atoms with E-state index in [9.17, 15) is 0 Å². The Morgan fingerprint density at radius 3 is 2.54 bits per heavy atom. The van der Waals surface area contributed by atoms with Gasteiger partial charge in [-0.2, -0.15) is 0 Å². The maximum Gasteiger partial charge on any atom is 0.0224 e. The minimum atomic E-state index is 0.410. The van der Waals surface area contributed by atoms with Gasteiger partial charge in [-0.05, 0) is 23.5 Å². The van der Waals surface area contributed by atoms with Crippen LogP contribution in [-0.4, -0.2) is 4.57 Å². The fraction of sp³-hybridized carbons (Fsp3) is 0.636. The number of nitrogens with two attached hydrogens (primary N) is 1. The van der Waals surface area contributed by atoms with E-state index in [1.54, 1.807) is 0 Å². The molecule has 1 heterocycles. The summed E-state index contributed by atoms with van der Waals surface area (Å²) in [6.45, 7) is 8.52. The maximum atomic E-state index is 5.53. The first kappa shape index (κ1) is 10.3. The maximum absolute atomic E-state index is 5.53. The van der Waals surface area contributed by atoms with E-state index in [-0.39, 0.29) is 0 Å². The van der Waals surface area contributed by atoms with Crippen molar-refractivity contribution in [3.63, 3.8) is 0 Å². The minimum absolute atomic E-state index is 0.410. The number of hydrogen-bond donors (Lipinski definition) is 1. The molecule has 0 radical (unpaired) electrons. The van der Waals surface area contributed by atoms with Crippen molar-refractivity contribution in [3.05, 3.63) is 24.0 Å². The van der Waals surface area contributed by atoms with Crippen molar-refractivity contribution in [2.45, 2.75) is 40.3 Å². The fourth-order valence-corrected chi connectivity index (χ4v) is 1.21. The van der Waals surface area contributed by atoms with Gasteiger partial charge < -0.3 is 10.3 Å². The highest BCUT2D eigenvalue weighted by molar-refractivity contribution is 5.09. The average Bonchev–Trinajstić information content (AvgIpc) is 2.47. The Balaban J connectivity index is 2.46. The Hall–Kier alpha value is -0.760. The molecule has 0 aliphatic carbocycles. The van der Waals surface area contributed by atoms with E-state index in [1.807, 2.05) is 0 Å². The number of hydrogen-bond acceptors (Lipinski definition) is 1. The summed E-state index contributed by atoms with van der Waals surface area (Å²) in [5.41, 5.74) is 7.16. The molecule has 1 aromatic rings. The van der Waals surface area contributed by atoms with Crippen molar-refractivity contribution in [3.8, 4) is 0 Å². The van der Waals surface area contributed by atoms with Crippen LogP contribution in [0.3, 0.4) is 0 Å². The zero-order chi connectivity index (χ0) is 9.90. The molecule has 0 unspecified atom stereocenters. The molecular weight excluding hydrogens is 160 g/mol. The molecule has 0 spiro atoms. The highest BCUT2D eigenvalue weighted by Crippen LogP contribution is 2.19. The summed E-state index contributed by atoms with van der Waals surface area (Å²) >= 11 is 0.